The van der Waals surface area contributed by atoms with Crippen LogP contribution in [-0.4, -0.2) is 26.4 Å². The molecule has 2 aromatic rings. The van der Waals surface area contributed by atoms with Crippen LogP contribution in [0.15, 0.2) is 54.6 Å². The number of para-hydroxylation sites is 1. The molecule has 5 nitrogen and oxygen atoms in total. The van der Waals surface area contributed by atoms with Gasteiger partial charge in [-0.15, -0.1) is 0 Å². The van der Waals surface area contributed by atoms with E-state index in [1.807, 2.05) is 49.4 Å². The van der Waals surface area contributed by atoms with E-state index in [4.69, 9.17) is 9.47 Å². The van der Waals surface area contributed by atoms with Gasteiger partial charge < -0.3 is 14.8 Å². The zero-order chi connectivity index (χ0) is 15.8. The van der Waals surface area contributed by atoms with Crippen LogP contribution in [0.2, 0.25) is 0 Å². The van der Waals surface area contributed by atoms with E-state index >= 15 is 0 Å². The number of nitrogens with zero attached hydrogens (tertiary/aromatic N) is 1. The van der Waals surface area contributed by atoms with Crippen LogP contribution in [-0.2, 0) is 0 Å². The van der Waals surface area contributed by atoms with Gasteiger partial charge in [0.1, 0.15) is 11.5 Å². The van der Waals surface area contributed by atoms with Gasteiger partial charge in [0.05, 0.1) is 6.61 Å². The molecule has 116 valence electrons. The number of rotatable bonds is 6. The molecular weight excluding hydrogens is 280 g/mol. The number of hydrogen-bond donors (Lipinski definition) is 1. The van der Waals surface area contributed by atoms with E-state index in [1.54, 1.807) is 19.2 Å². The predicted molar refractivity (Wildman–Crippen MR) is 86.5 cm³/mol. The van der Waals surface area contributed by atoms with Crippen molar-refractivity contribution in [2.45, 2.75) is 6.92 Å². The second-order valence-electron chi connectivity index (χ2n) is 4.57. The largest absolute Gasteiger partial charge is 0.494 e. The summed E-state index contributed by atoms with van der Waals surface area (Å²) in [6.45, 7) is 2.66. The SMILES string of the molecule is CCOc1ccc(OCNC(=O)N(C)c2ccccc2)cc1. The third-order valence-corrected chi connectivity index (χ3v) is 3.05. The van der Waals surface area contributed by atoms with Crippen LogP contribution in [0.5, 0.6) is 11.5 Å². The smallest absolute Gasteiger partial charge is 0.324 e. The van der Waals surface area contributed by atoms with Crippen LogP contribution in [0.3, 0.4) is 0 Å². The summed E-state index contributed by atoms with van der Waals surface area (Å²) in [5.74, 6) is 1.47. The molecule has 0 aliphatic rings. The summed E-state index contributed by atoms with van der Waals surface area (Å²) in [5.41, 5.74) is 0.820. The van der Waals surface area contributed by atoms with E-state index in [-0.39, 0.29) is 12.8 Å². The second-order valence-corrected chi connectivity index (χ2v) is 4.57. The molecule has 0 saturated heterocycles. The molecule has 2 aromatic carbocycles. The third-order valence-electron chi connectivity index (χ3n) is 3.05. The topological polar surface area (TPSA) is 50.8 Å². The molecule has 0 radical (unpaired) electrons. The first-order valence-electron chi connectivity index (χ1n) is 7.13. The fraction of sp³-hybridized carbons (Fsp3) is 0.235. The maximum atomic E-state index is 12.0. The maximum Gasteiger partial charge on any atom is 0.324 e. The molecule has 0 saturated carbocycles. The molecule has 2 rings (SSSR count). The highest BCUT2D eigenvalue weighted by Gasteiger charge is 2.09. The Balaban J connectivity index is 1.79. The van der Waals surface area contributed by atoms with Gasteiger partial charge in [-0.05, 0) is 43.3 Å². The fourth-order valence-electron chi connectivity index (χ4n) is 1.87. The predicted octanol–water partition coefficient (Wildman–Crippen LogP) is 3.27. The minimum Gasteiger partial charge on any atom is -0.494 e. The average molecular weight is 300 g/mol. The monoisotopic (exact) mass is 300 g/mol. The van der Waals surface area contributed by atoms with E-state index in [2.05, 4.69) is 5.32 Å². The quantitative estimate of drug-likeness (QED) is 0.833. The molecule has 0 bridgehead atoms. The molecule has 1 N–H and O–H groups in total. The molecule has 22 heavy (non-hydrogen) atoms. The van der Waals surface area contributed by atoms with Gasteiger partial charge in [0, 0.05) is 12.7 Å². The van der Waals surface area contributed by atoms with Crippen molar-refractivity contribution >= 4 is 11.7 Å². The third kappa shape index (κ3) is 4.41. The molecule has 0 unspecified atom stereocenters. The van der Waals surface area contributed by atoms with Gasteiger partial charge in [0.15, 0.2) is 6.73 Å². The van der Waals surface area contributed by atoms with Gasteiger partial charge >= 0.3 is 6.03 Å². The van der Waals surface area contributed by atoms with E-state index in [1.165, 1.54) is 4.90 Å². The summed E-state index contributed by atoms with van der Waals surface area (Å²) < 4.78 is 10.8. The minimum absolute atomic E-state index is 0.101. The Morgan fingerprint density at radius 3 is 2.18 bits per heavy atom. The Kier molecular flexibility index (Phi) is 5.65. The fourth-order valence-corrected chi connectivity index (χ4v) is 1.87. The Morgan fingerprint density at radius 1 is 1.00 bits per heavy atom. The number of amides is 2. The number of ether oxygens (including phenoxy) is 2. The molecule has 0 aliphatic carbocycles. The first-order chi connectivity index (χ1) is 10.7. The highest BCUT2D eigenvalue weighted by Crippen LogP contribution is 2.17. The lowest BCUT2D eigenvalue weighted by molar-refractivity contribution is 0.230. The molecule has 0 spiro atoms. The van der Waals surface area contributed by atoms with Crippen LogP contribution in [0.25, 0.3) is 0 Å². The molecule has 0 heterocycles. The summed E-state index contributed by atoms with van der Waals surface area (Å²) in [5, 5.41) is 2.70. The van der Waals surface area contributed by atoms with Crippen LogP contribution in [0, 0.1) is 0 Å². The van der Waals surface area contributed by atoms with Crippen LogP contribution in [0.4, 0.5) is 10.5 Å². The zero-order valence-corrected chi connectivity index (χ0v) is 12.8. The number of hydrogen-bond acceptors (Lipinski definition) is 3. The van der Waals surface area contributed by atoms with Gasteiger partial charge in [0.25, 0.3) is 0 Å². The van der Waals surface area contributed by atoms with Crippen molar-refractivity contribution < 1.29 is 14.3 Å². The van der Waals surface area contributed by atoms with Crippen LogP contribution >= 0.6 is 0 Å². The Hall–Kier alpha value is -2.69. The van der Waals surface area contributed by atoms with E-state index in [9.17, 15) is 4.79 Å². The number of nitrogens with one attached hydrogen (secondary N) is 1. The molecule has 2 amide bonds. The number of urea groups is 1. The van der Waals surface area contributed by atoms with E-state index in [0.717, 1.165) is 11.4 Å². The lowest BCUT2D eigenvalue weighted by Crippen LogP contribution is -2.39. The van der Waals surface area contributed by atoms with Gasteiger partial charge in [0.2, 0.25) is 0 Å². The molecule has 0 atom stereocenters. The highest BCUT2D eigenvalue weighted by molar-refractivity contribution is 5.91. The van der Waals surface area contributed by atoms with Crippen molar-refractivity contribution in [2.24, 2.45) is 0 Å². The summed E-state index contributed by atoms with van der Waals surface area (Å²) in [6.07, 6.45) is 0. The Labute approximate surface area is 130 Å². The van der Waals surface area contributed by atoms with Crippen molar-refractivity contribution in [3.05, 3.63) is 54.6 Å². The standard InChI is InChI=1S/C17H20N2O3/c1-3-21-15-9-11-16(12-10-15)22-13-18-17(20)19(2)14-7-5-4-6-8-14/h4-12H,3,13H2,1-2H3,(H,18,20). The lowest BCUT2D eigenvalue weighted by atomic mass is 10.3. The summed E-state index contributed by atoms with van der Waals surface area (Å²) in [4.78, 5) is 13.5. The second kappa shape index (κ2) is 7.93. The normalized spacial score (nSPS) is 9.91. The van der Waals surface area contributed by atoms with Gasteiger partial charge in [-0.2, -0.15) is 0 Å². The van der Waals surface area contributed by atoms with Crippen LogP contribution < -0.4 is 19.7 Å². The first kappa shape index (κ1) is 15.7. The molecule has 5 heteroatoms. The Morgan fingerprint density at radius 2 is 1.59 bits per heavy atom. The molecule has 0 aromatic heterocycles. The highest BCUT2D eigenvalue weighted by atomic mass is 16.5. The molecule has 0 fully saturated rings. The zero-order valence-electron chi connectivity index (χ0n) is 12.8. The Bertz CT molecular complexity index is 585. The van der Waals surface area contributed by atoms with Crippen LogP contribution in [0.1, 0.15) is 6.92 Å². The van der Waals surface area contributed by atoms with Crippen molar-refractivity contribution in [3.63, 3.8) is 0 Å². The summed E-state index contributed by atoms with van der Waals surface area (Å²) >= 11 is 0. The molecular formula is C17H20N2O3. The number of benzene rings is 2. The van der Waals surface area contributed by atoms with Gasteiger partial charge in [-0.3, -0.25) is 4.90 Å². The van der Waals surface area contributed by atoms with Crippen molar-refractivity contribution in [1.82, 2.24) is 5.32 Å². The number of anilines is 1. The first-order valence-corrected chi connectivity index (χ1v) is 7.13. The van der Waals surface area contributed by atoms with Gasteiger partial charge in [-0.25, -0.2) is 4.79 Å². The summed E-state index contributed by atoms with van der Waals surface area (Å²) in [7, 11) is 1.71. The number of carbonyl (C=O) groups excluding carboxylic acids is 1. The van der Waals surface area contributed by atoms with E-state index in [0.29, 0.717) is 12.4 Å². The maximum absolute atomic E-state index is 12.0. The van der Waals surface area contributed by atoms with Crippen molar-refractivity contribution in [1.29, 1.82) is 0 Å². The lowest BCUT2D eigenvalue weighted by Gasteiger charge is -2.18. The minimum atomic E-state index is -0.225. The van der Waals surface area contributed by atoms with Crippen molar-refractivity contribution in [2.75, 3.05) is 25.3 Å². The van der Waals surface area contributed by atoms with Gasteiger partial charge in [-0.1, -0.05) is 18.2 Å². The van der Waals surface area contributed by atoms with E-state index < -0.39 is 0 Å². The average Bonchev–Trinajstić information content (AvgIpc) is 2.56. The molecule has 0 aliphatic heterocycles. The summed E-state index contributed by atoms with van der Waals surface area (Å²) in [6, 6.07) is 16.5. The number of carbonyl (C=O) groups is 1. The van der Waals surface area contributed by atoms with Crippen molar-refractivity contribution in [3.8, 4) is 11.5 Å².